The highest BCUT2D eigenvalue weighted by Gasteiger charge is 2.37. The second-order valence-corrected chi connectivity index (χ2v) is 9.97. The van der Waals surface area contributed by atoms with Gasteiger partial charge in [0, 0.05) is 42.9 Å². The van der Waals surface area contributed by atoms with Gasteiger partial charge >= 0.3 is 0 Å². The summed E-state index contributed by atoms with van der Waals surface area (Å²) < 4.78 is 17.2. The van der Waals surface area contributed by atoms with Crippen molar-refractivity contribution >= 4 is 57.8 Å². The Kier molecular flexibility index (Phi) is 7.67. The minimum Gasteiger partial charge on any atom is -0.497 e. The lowest BCUT2D eigenvalue weighted by molar-refractivity contribution is 0.0594. The van der Waals surface area contributed by atoms with Crippen LogP contribution in [0.4, 0.5) is 17.1 Å². The molecule has 3 aromatic rings. The van der Waals surface area contributed by atoms with Crippen molar-refractivity contribution in [3.8, 4) is 17.2 Å². The number of hydrogen-bond acceptors (Lipinski definition) is 5. The van der Waals surface area contributed by atoms with E-state index in [-0.39, 0.29) is 5.60 Å². The summed E-state index contributed by atoms with van der Waals surface area (Å²) in [5.41, 5.74) is 3.33. The van der Waals surface area contributed by atoms with E-state index in [1.54, 1.807) is 14.2 Å². The minimum absolute atomic E-state index is 0.330. The number of nitrogens with one attached hydrogen (secondary N) is 3. The average molecular weight is 547 g/mol. The highest BCUT2D eigenvalue weighted by molar-refractivity contribution is 7.80. The fraction of sp³-hybridized carbons (Fsp3) is 0.241. The monoisotopic (exact) mass is 546 g/mol. The van der Waals surface area contributed by atoms with E-state index in [9.17, 15) is 0 Å². The molecule has 196 valence electrons. The fourth-order valence-electron chi connectivity index (χ4n) is 4.61. The van der Waals surface area contributed by atoms with Crippen molar-refractivity contribution in [2.45, 2.75) is 18.4 Å². The molecule has 9 heteroatoms. The molecule has 0 aromatic heterocycles. The molecule has 0 radical (unpaired) electrons. The number of hydrogen-bond donors (Lipinski definition) is 3. The van der Waals surface area contributed by atoms with Gasteiger partial charge in [-0.15, -0.1) is 0 Å². The van der Waals surface area contributed by atoms with Crippen molar-refractivity contribution in [2.75, 3.05) is 43.3 Å². The van der Waals surface area contributed by atoms with Crippen LogP contribution in [-0.4, -0.2) is 48.0 Å². The van der Waals surface area contributed by atoms with Gasteiger partial charge in [-0.05, 0) is 85.1 Å². The quantitative estimate of drug-likeness (QED) is 0.327. The molecule has 2 aliphatic heterocycles. The number of fused-ring (bicyclic) bond motifs is 1. The van der Waals surface area contributed by atoms with E-state index in [1.165, 1.54) is 0 Å². The van der Waals surface area contributed by atoms with Crippen molar-refractivity contribution < 1.29 is 14.2 Å². The largest absolute Gasteiger partial charge is 0.497 e. The third kappa shape index (κ3) is 5.84. The lowest BCUT2D eigenvalue weighted by Gasteiger charge is -2.42. The Bertz CT molecular complexity index is 1350. The topological polar surface area (TPSA) is 67.0 Å². The van der Waals surface area contributed by atoms with Gasteiger partial charge in [0.1, 0.15) is 22.8 Å². The molecule has 1 spiro atoms. The van der Waals surface area contributed by atoms with Crippen molar-refractivity contribution in [3.05, 3.63) is 78.4 Å². The number of ether oxygens (including phenoxy) is 3. The van der Waals surface area contributed by atoms with Crippen LogP contribution in [0.25, 0.3) is 6.08 Å². The number of methoxy groups -OCH3 is 2. The molecule has 2 aliphatic rings. The highest BCUT2D eigenvalue weighted by Crippen LogP contribution is 2.38. The first-order valence-corrected chi connectivity index (χ1v) is 13.2. The summed E-state index contributed by atoms with van der Waals surface area (Å²) >= 11 is 11.2. The Morgan fingerprint density at radius 3 is 2.32 bits per heavy atom. The molecule has 1 fully saturated rings. The summed E-state index contributed by atoms with van der Waals surface area (Å²) in [5.74, 6) is 2.44. The van der Waals surface area contributed by atoms with E-state index in [2.05, 4.69) is 33.0 Å². The Morgan fingerprint density at radius 2 is 1.58 bits per heavy atom. The second-order valence-electron chi connectivity index (χ2n) is 9.18. The number of thiocarbonyl (C=S) groups is 2. The van der Waals surface area contributed by atoms with E-state index in [0.29, 0.717) is 10.2 Å². The number of benzene rings is 3. The minimum atomic E-state index is -0.330. The van der Waals surface area contributed by atoms with Gasteiger partial charge in [0.2, 0.25) is 0 Å². The number of nitrogens with zero attached hydrogens (tertiary/aromatic N) is 1. The first-order valence-electron chi connectivity index (χ1n) is 12.4. The molecule has 5 rings (SSSR count). The van der Waals surface area contributed by atoms with Crippen molar-refractivity contribution in [1.29, 1.82) is 0 Å². The number of likely N-dealkylation sites (tertiary alicyclic amines) is 1. The molecule has 0 amide bonds. The highest BCUT2D eigenvalue weighted by atomic mass is 32.1. The third-order valence-corrected chi connectivity index (χ3v) is 7.31. The summed E-state index contributed by atoms with van der Waals surface area (Å²) in [6.45, 7) is 1.59. The maximum atomic E-state index is 6.54. The molecule has 0 saturated carbocycles. The maximum absolute atomic E-state index is 6.54. The van der Waals surface area contributed by atoms with Crippen LogP contribution in [-0.2, 0) is 0 Å². The van der Waals surface area contributed by atoms with E-state index in [0.717, 1.165) is 65.8 Å². The summed E-state index contributed by atoms with van der Waals surface area (Å²) in [4.78, 5) is 2.18. The molecule has 1 saturated heterocycles. The van der Waals surface area contributed by atoms with Crippen LogP contribution in [0, 0.1) is 0 Å². The van der Waals surface area contributed by atoms with E-state index < -0.39 is 0 Å². The summed E-state index contributed by atoms with van der Waals surface area (Å²) in [7, 11) is 3.30. The van der Waals surface area contributed by atoms with Gasteiger partial charge in [0.25, 0.3) is 0 Å². The molecular formula is C29H30N4O3S2. The molecule has 3 aromatic carbocycles. The van der Waals surface area contributed by atoms with Crippen LogP contribution in [0.15, 0.2) is 72.8 Å². The number of para-hydroxylation sites is 2. The standard InChI is InChI=1S/C29H30N4O3S2/c1-34-23-10-7-21(8-11-23)30-27(37)31-22-9-12-25-20(19-22)13-14-29(36-25)15-17-33(18-16-29)28(38)32-24-5-3-4-6-26(24)35-2/h3-14,19H,15-18H2,1-2H3,(H,32,38)(H2,30,31,37). The van der Waals surface area contributed by atoms with Gasteiger partial charge in [-0.2, -0.15) is 0 Å². The van der Waals surface area contributed by atoms with E-state index in [1.807, 2.05) is 66.7 Å². The molecule has 0 unspecified atom stereocenters. The summed E-state index contributed by atoms with van der Waals surface area (Å²) in [5, 5.41) is 11.0. The maximum Gasteiger partial charge on any atom is 0.175 e. The Balaban J connectivity index is 1.16. The molecule has 3 N–H and O–H groups in total. The van der Waals surface area contributed by atoms with Gasteiger partial charge in [-0.25, -0.2) is 0 Å². The molecule has 0 atom stereocenters. The lowest BCUT2D eigenvalue weighted by Crippen LogP contribution is -2.50. The van der Waals surface area contributed by atoms with Crippen LogP contribution < -0.4 is 30.2 Å². The molecule has 2 heterocycles. The van der Waals surface area contributed by atoms with Crippen molar-refractivity contribution in [2.24, 2.45) is 0 Å². The molecular weight excluding hydrogens is 516 g/mol. The smallest absolute Gasteiger partial charge is 0.175 e. The van der Waals surface area contributed by atoms with Crippen LogP contribution in [0.3, 0.4) is 0 Å². The predicted octanol–water partition coefficient (Wildman–Crippen LogP) is 6.15. The van der Waals surface area contributed by atoms with E-state index >= 15 is 0 Å². The third-order valence-electron chi connectivity index (χ3n) is 6.74. The Morgan fingerprint density at radius 1 is 0.868 bits per heavy atom. The molecule has 0 bridgehead atoms. The number of anilines is 3. The zero-order valence-corrected chi connectivity index (χ0v) is 23.0. The molecule has 38 heavy (non-hydrogen) atoms. The van der Waals surface area contributed by atoms with Crippen molar-refractivity contribution in [3.63, 3.8) is 0 Å². The molecule has 0 aliphatic carbocycles. The predicted molar refractivity (Wildman–Crippen MR) is 162 cm³/mol. The zero-order valence-electron chi connectivity index (χ0n) is 21.3. The van der Waals surface area contributed by atoms with Crippen LogP contribution in [0.1, 0.15) is 18.4 Å². The van der Waals surface area contributed by atoms with Crippen LogP contribution in [0.5, 0.6) is 17.2 Å². The van der Waals surface area contributed by atoms with Crippen LogP contribution >= 0.6 is 24.4 Å². The number of piperidine rings is 1. The van der Waals surface area contributed by atoms with Gasteiger partial charge < -0.3 is 35.1 Å². The van der Waals surface area contributed by atoms with Gasteiger partial charge in [0.05, 0.1) is 19.9 Å². The van der Waals surface area contributed by atoms with Gasteiger partial charge in [-0.1, -0.05) is 18.2 Å². The molecule has 7 nitrogen and oxygen atoms in total. The van der Waals surface area contributed by atoms with E-state index in [4.69, 9.17) is 38.6 Å². The average Bonchev–Trinajstić information content (AvgIpc) is 2.94. The fourth-order valence-corrected chi connectivity index (χ4v) is 5.14. The van der Waals surface area contributed by atoms with Crippen LogP contribution in [0.2, 0.25) is 0 Å². The summed E-state index contributed by atoms with van der Waals surface area (Å²) in [6.07, 6.45) is 6.01. The first-order chi connectivity index (χ1) is 18.5. The summed E-state index contributed by atoms with van der Waals surface area (Å²) in [6, 6.07) is 21.4. The second kappa shape index (κ2) is 11.3. The Hall–Kier alpha value is -3.82. The number of rotatable bonds is 5. The SMILES string of the molecule is COc1ccc(NC(=S)Nc2ccc3c(c2)C=CC2(CCN(C(=S)Nc4ccccc4OC)CC2)O3)cc1. The lowest BCUT2D eigenvalue weighted by atomic mass is 9.88. The van der Waals surface area contributed by atoms with Gasteiger partial charge in [0.15, 0.2) is 10.2 Å². The normalized spacial score (nSPS) is 15.2. The Labute approximate surface area is 233 Å². The van der Waals surface area contributed by atoms with Crippen molar-refractivity contribution in [1.82, 2.24) is 4.90 Å². The first kappa shape index (κ1) is 25.8. The van der Waals surface area contributed by atoms with Gasteiger partial charge in [-0.3, -0.25) is 0 Å². The zero-order chi connectivity index (χ0) is 26.5.